The Bertz CT molecular complexity index is 1030. The predicted molar refractivity (Wildman–Crippen MR) is 159 cm³/mol. The first-order chi connectivity index (χ1) is 15.4. The largest absolute Gasteiger partial charge is 0.0587 e. The third kappa shape index (κ3) is 7.02. The highest BCUT2D eigenvalue weighted by Gasteiger charge is 2.32. The van der Waals surface area contributed by atoms with Crippen molar-refractivity contribution >= 4 is 0 Å². The molecular formula is C35H56. The van der Waals surface area contributed by atoms with E-state index in [9.17, 15) is 0 Å². The van der Waals surface area contributed by atoms with Crippen LogP contribution in [-0.2, 0) is 33.5 Å². The lowest BCUT2D eigenvalue weighted by molar-refractivity contribution is 0.511. The van der Waals surface area contributed by atoms with Gasteiger partial charge in [0.25, 0.3) is 0 Å². The molecule has 0 heteroatoms. The molecule has 0 heterocycles. The van der Waals surface area contributed by atoms with Crippen molar-refractivity contribution in [3.05, 3.63) is 69.3 Å². The van der Waals surface area contributed by atoms with Crippen LogP contribution in [0.15, 0.2) is 30.3 Å². The van der Waals surface area contributed by atoms with E-state index in [1.54, 1.807) is 5.56 Å². The van der Waals surface area contributed by atoms with Crippen LogP contribution in [0.3, 0.4) is 0 Å². The molecule has 35 heavy (non-hydrogen) atoms. The molecule has 0 nitrogen and oxygen atoms in total. The second kappa shape index (κ2) is 9.39. The molecule has 0 aliphatic carbocycles. The highest BCUT2D eigenvalue weighted by molar-refractivity contribution is 5.50. The van der Waals surface area contributed by atoms with Gasteiger partial charge < -0.3 is 0 Å². The molecule has 0 saturated carbocycles. The van der Waals surface area contributed by atoms with Crippen LogP contribution in [0.1, 0.15) is 156 Å². The molecule has 0 spiro atoms. The Morgan fingerprint density at radius 2 is 1.00 bits per heavy atom. The fourth-order valence-electron chi connectivity index (χ4n) is 5.37. The fourth-order valence-corrected chi connectivity index (χ4v) is 5.37. The van der Waals surface area contributed by atoms with E-state index in [4.69, 9.17) is 0 Å². The van der Waals surface area contributed by atoms with Gasteiger partial charge in [-0.1, -0.05) is 141 Å². The Morgan fingerprint density at radius 1 is 0.514 bits per heavy atom. The number of hydrogen-bond donors (Lipinski definition) is 0. The summed E-state index contributed by atoms with van der Waals surface area (Å²) in [5, 5.41) is 0. The van der Waals surface area contributed by atoms with E-state index in [0.29, 0.717) is 5.92 Å². The maximum absolute atomic E-state index is 2.54. The van der Waals surface area contributed by atoms with Crippen LogP contribution in [0.2, 0.25) is 0 Å². The van der Waals surface area contributed by atoms with E-state index in [2.05, 4.69) is 141 Å². The summed E-state index contributed by atoms with van der Waals surface area (Å²) in [5.74, 6) is 0.445. The fraction of sp³-hybridized carbons (Fsp3) is 0.657. The summed E-state index contributed by atoms with van der Waals surface area (Å²) in [6.45, 7) is 37.8. The van der Waals surface area contributed by atoms with Gasteiger partial charge in [-0.2, -0.15) is 0 Å². The van der Waals surface area contributed by atoms with Gasteiger partial charge in [0.05, 0.1) is 0 Å². The van der Waals surface area contributed by atoms with Crippen molar-refractivity contribution in [3.63, 3.8) is 0 Å². The van der Waals surface area contributed by atoms with Gasteiger partial charge in [-0.3, -0.25) is 0 Å². The third-order valence-corrected chi connectivity index (χ3v) is 7.37. The molecule has 0 bridgehead atoms. The molecule has 0 aliphatic rings. The topological polar surface area (TPSA) is 0 Å². The smallest absolute Gasteiger partial charge is 0.0126 e. The standard InChI is InChI=1S/C35H56/c1-23(19-24-17-18-27(32(5,6)7)28(20-24)33(8,9)10)26-21-25(31(2,3)4)22-29(34(11,12)13)30(26)35(14,15)16/h17-18,20-23H,19H2,1-16H3. The lowest BCUT2D eigenvalue weighted by atomic mass is 9.68. The van der Waals surface area contributed by atoms with Gasteiger partial charge in [0.15, 0.2) is 0 Å². The van der Waals surface area contributed by atoms with E-state index in [0.717, 1.165) is 6.42 Å². The number of rotatable bonds is 3. The maximum atomic E-state index is 2.54. The molecule has 0 amide bonds. The molecule has 0 radical (unpaired) electrons. The van der Waals surface area contributed by atoms with Gasteiger partial charge in [-0.15, -0.1) is 0 Å². The van der Waals surface area contributed by atoms with Crippen molar-refractivity contribution < 1.29 is 0 Å². The van der Waals surface area contributed by atoms with Crippen LogP contribution >= 0.6 is 0 Å². The van der Waals surface area contributed by atoms with Gasteiger partial charge in [0.1, 0.15) is 0 Å². The lowest BCUT2D eigenvalue weighted by Gasteiger charge is -2.36. The zero-order valence-electron chi connectivity index (χ0n) is 26.2. The first kappa shape index (κ1) is 29.7. The number of benzene rings is 2. The summed E-state index contributed by atoms with van der Waals surface area (Å²) in [6, 6.07) is 12.3. The summed E-state index contributed by atoms with van der Waals surface area (Å²) in [7, 11) is 0. The van der Waals surface area contributed by atoms with Crippen molar-refractivity contribution in [2.24, 2.45) is 0 Å². The van der Waals surface area contributed by atoms with Crippen LogP contribution in [0, 0.1) is 0 Å². The van der Waals surface area contributed by atoms with Crippen molar-refractivity contribution in [2.45, 2.75) is 150 Å². The molecule has 2 aromatic rings. The molecule has 0 aliphatic heterocycles. The molecule has 0 saturated heterocycles. The van der Waals surface area contributed by atoms with E-state index in [-0.39, 0.29) is 27.1 Å². The minimum absolute atomic E-state index is 0.0925. The molecule has 2 rings (SSSR count). The third-order valence-electron chi connectivity index (χ3n) is 7.37. The zero-order valence-corrected chi connectivity index (χ0v) is 26.2. The molecule has 1 unspecified atom stereocenters. The summed E-state index contributed by atoms with van der Waals surface area (Å²) in [6.07, 6.45) is 1.06. The first-order valence-electron chi connectivity index (χ1n) is 13.8. The molecule has 0 fully saturated rings. The lowest BCUT2D eigenvalue weighted by Crippen LogP contribution is -2.27. The second-order valence-corrected chi connectivity index (χ2v) is 16.2. The van der Waals surface area contributed by atoms with Crippen molar-refractivity contribution in [1.29, 1.82) is 0 Å². The zero-order chi connectivity index (χ0) is 27.4. The monoisotopic (exact) mass is 476 g/mol. The summed E-state index contributed by atoms with van der Waals surface area (Å²) in [5.41, 5.74) is 11.1. The Balaban J connectivity index is 2.73. The highest BCUT2D eigenvalue weighted by atomic mass is 14.4. The SMILES string of the molecule is CC(Cc1ccc(C(C)(C)C)c(C(C)(C)C)c1)c1cc(C(C)(C)C)cc(C(C)(C)C)c1C(C)(C)C. The average Bonchev–Trinajstić information content (AvgIpc) is 2.63. The van der Waals surface area contributed by atoms with E-state index in [1.807, 2.05) is 0 Å². The van der Waals surface area contributed by atoms with Gasteiger partial charge in [-0.25, -0.2) is 0 Å². The summed E-state index contributed by atoms with van der Waals surface area (Å²) in [4.78, 5) is 0. The van der Waals surface area contributed by atoms with Crippen LogP contribution in [0.25, 0.3) is 0 Å². The van der Waals surface area contributed by atoms with Crippen molar-refractivity contribution in [2.75, 3.05) is 0 Å². The Kier molecular flexibility index (Phi) is 7.96. The minimum Gasteiger partial charge on any atom is -0.0587 e. The molecule has 1 atom stereocenters. The number of hydrogen-bond acceptors (Lipinski definition) is 0. The van der Waals surface area contributed by atoms with Crippen LogP contribution in [0.4, 0.5) is 0 Å². The molecule has 2 aromatic carbocycles. The van der Waals surface area contributed by atoms with Gasteiger partial charge in [0.2, 0.25) is 0 Å². The first-order valence-corrected chi connectivity index (χ1v) is 13.8. The highest BCUT2D eigenvalue weighted by Crippen LogP contribution is 2.43. The second-order valence-electron chi connectivity index (χ2n) is 16.2. The van der Waals surface area contributed by atoms with Crippen molar-refractivity contribution in [1.82, 2.24) is 0 Å². The van der Waals surface area contributed by atoms with Crippen LogP contribution < -0.4 is 0 Å². The normalized spacial score (nSPS) is 14.9. The average molecular weight is 477 g/mol. The van der Waals surface area contributed by atoms with E-state index < -0.39 is 0 Å². The molecule has 0 aromatic heterocycles. The maximum Gasteiger partial charge on any atom is -0.0126 e. The summed E-state index contributed by atoms with van der Waals surface area (Å²) < 4.78 is 0. The Labute approximate surface area is 219 Å². The van der Waals surface area contributed by atoms with Crippen LogP contribution in [0.5, 0.6) is 0 Å². The minimum atomic E-state index is 0.0925. The predicted octanol–water partition coefficient (Wildman–Crippen LogP) is 10.5. The van der Waals surface area contributed by atoms with Crippen LogP contribution in [-0.4, -0.2) is 0 Å². The molecule has 196 valence electrons. The molecular weight excluding hydrogens is 420 g/mol. The summed E-state index contributed by atoms with van der Waals surface area (Å²) >= 11 is 0. The van der Waals surface area contributed by atoms with Gasteiger partial charge in [-0.05, 0) is 78.4 Å². The van der Waals surface area contributed by atoms with E-state index in [1.165, 1.54) is 33.4 Å². The Hall–Kier alpha value is -1.56. The quantitative estimate of drug-likeness (QED) is 0.413. The molecule has 0 N–H and O–H groups in total. The van der Waals surface area contributed by atoms with Gasteiger partial charge >= 0.3 is 0 Å². The van der Waals surface area contributed by atoms with Crippen molar-refractivity contribution in [3.8, 4) is 0 Å². The Morgan fingerprint density at radius 3 is 1.40 bits per heavy atom. The van der Waals surface area contributed by atoms with Gasteiger partial charge in [0, 0.05) is 0 Å². The van der Waals surface area contributed by atoms with E-state index >= 15 is 0 Å².